The van der Waals surface area contributed by atoms with Gasteiger partial charge in [-0.3, -0.25) is 14.0 Å². The molecule has 2 heterocycles. The van der Waals surface area contributed by atoms with Crippen LogP contribution in [0, 0.1) is 17.6 Å². The fourth-order valence-electron chi connectivity index (χ4n) is 4.37. The summed E-state index contributed by atoms with van der Waals surface area (Å²) >= 11 is 0. The molecule has 1 aliphatic rings. The number of nitrogens with zero attached hydrogens (tertiary/aromatic N) is 5. The molecule has 0 unspecified atom stereocenters. The lowest BCUT2D eigenvalue weighted by atomic mass is 10.0. The van der Waals surface area contributed by atoms with Gasteiger partial charge in [0.2, 0.25) is 5.91 Å². The molecule has 36 heavy (non-hydrogen) atoms. The van der Waals surface area contributed by atoms with E-state index < -0.39 is 11.6 Å². The largest absolute Gasteiger partial charge is 0.326 e. The van der Waals surface area contributed by atoms with Crippen molar-refractivity contribution in [1.82, 2.24) is 24.5 Å². The highest BCUT2D eigenvalue weighted by Gasteiger charge is 2.22. The molecule has 1 amide bonds. The third kappa shape index (κ3) is 4.35. The average Bonchev–Trinajstić information content (AvgIpc) is 3.35. The number of carbonyl (C=O) groups excluding carboxylic acids is 1. The average molecular weight is 485 g/mol. The van der Waals surface area contributed by atoms with Gasteiger partial charge in [-0.25, -0.2) is 13.8 Å². The van der Waals surface area contributed by atoms with E-state index in [1.54, 1.807) is 24.5 Å². The van der Waals surface area contributed by atoms with Crippen molar-refractivity contribution in [3.63, 3.8) is 0 Å². The maximum atomic E-state index is 14.6. The van der Waals surface area contributed by atoms with E-state index in [9.17, 15) is 13.6 Å². The molecule has 0 saturated heterocycles. The lowest BCUT2D eigenvalue weighted by molar-refractivity contribution is -0.114. The molecule has 2 aromatic heterocycles. The highest BCUT2D eigenvalue weighted by atomic mass is 19.1. The Morgan fingerprint density at radius 1 is 1.06 bits per heavy atom. The molecule has 1 fully saturated rings. The first-order valence-electron chi connectivity index (χ1n) is 11.7. The first kappa shape index (κ1) is 22.1. The summed E-state index contributed by atoms with van der Waals surface area (Å²) in [5, 5.41) is 11.3. The van der Waals surface area contributed by atoms with Gasteiger partial charge >= 0.3 is 0 Å². The van der Waals surface area contributed by atoms with Crippen molar-refractivity contribution >= 4 is 22.6 Å². The van der Waals surface area contributed by atoms with E-state index in [1.807, 2.05) is 33.6 Å². The normalized spacial score (nSPS) is 13.3. The minimum Gasteiger partial charge on any atom is -0.326 e. The van der Waals surface area contributed by atoms with Crippen LogP contribution in [-0.4, -0.2) is 30.5 Å². The molecule has 1 aliphatic carbocycles. The molecule has 0 spiro atoms. The van der Waals surface area contributed by atoms with Crippen molar-refractivity contribution in [3.8, 4) is 28.1 Å². The van der Waals surface area contributed by atoms with Gasteiger partial charge in [-0.05, 0) is 66.8 Å². The number of halogens is 2. The first-order valence-corrected chi connectivity index (χ1v) is 11.7. The van der Waals surface area contributed by atoms with Crippen molar-refractivity contribution in [3.05, 3.63) is 78.8 Å². The van der Waals surface area contributed by atoms with Gasteiger partial charge in [0.25, 0.3) is 0 Å². The number of rotatable bonds is 6. The first-order chi connectivity index (χ1) is 17.4. The lowest BCUT2D eigenvalue weighted by Gasteiger charge is -2.13. The van der Waals surface area contributed by atoms with E-state index >= 15 is 0 Å². The van der Waals surface area contributed by atoms with Crippen LogP contribution in [0.1, 0.15) is 19.8 Å². The van der Waals surface area contributed by atoms with Gasteiger partial charge in [-0.1, -0.05) is 11.3 Å². The van der Waals surface area contributed by atoms with Crippen LogP contribution < -0.4 is 5.32 Å². The summed E-state index contributed by atoms with van der Waals surface area (Å²) in [6, 6.07) is 14.5. The van der Waals surface area contributed by atoms with E-state index in [0.717, 1.165) is 34.9 Å². The predicted molar refractivity (Wildman–Crippen MR) is 132 cm³/mol. The summed E-state index contributed by atoms with van der Waals surface area (Å²) in [5.41, 5.74) is 5.17. The molecule has 6 rings (SSSR count). The Labute approximate surface area is 205 Å². The maximum absolute atomic E-state index is 14.6. The van der Waals surface area contributed by atoms with Crippen molar-refractivity contribution in [1.29, 1.82) is 0 Å². The van der Waals surface area contributed by atoms with Crippen molar-refractivity contribution < 1.29 is 13.6 Å². The van der Waals surface area contributed by atoms with Crippen LogP contribution in [0.4, 0.5) is 14.5 Å². The van der Waals surface area contributed by atoms with Crippen molar-refractivity contribution in [2.24, 2.45) is 5.92 Å². The molecular formula is C27H22F2N6O. The monoisotopic (exact) mass is 484 g/mol. The zero-order valence-corrected chi connectivity index (χ0v) is 19.4. The molecule has 0 bridgehead atoms. The number of anilines is 1. The van der Waals surface area contributed by atoms with Gasteiger partial charge in [0.15, 0.2) is 0 Å². The van der Waals surface area contributed by atoms with Gasteiger partial charge in [-0.15, -0.1) is 5.10 Å². The van der Waals surface area contributed by atoms with Crippen LogP contribution in [0.5, 0.6) is 0 Å². The van der Waals surface area contributed by atoms with Gasteiger partial charge in [-0.2, -0.15) is 0 Å². The quantitative estimate of drug-likeness (QED) is 0.341. The van der Waals surface area contributed by atoms with Crippen LogP contribution in [0.2, 0.25) is 0 Å². The van der Waals surface area contributed by atoms with Crippen molar-refractivity contribution in [2.45, 2.75) is 26.3 Å². The highest BCUT2D eigenvalue weighted by molar-refractivity contribution is 5.91. The number of aromatic nitrogens is 5. The minimum atomic E-state index is -0.684. The number of nitrogens with one attached hydrogen (secondary N) is 1. The predicted octanol–water partition coefficient (Wildman–Crippen LogP) is 5.60. The van der Waals surface area contributed by atoms with E-state index in [-0.39, 0.29) is 11.5 Å². The van der Waals surface area contributed by atoms with E-state index in [0.29, 0.717) is 22.9 Å². The van der Waals surface area contributed by atoms with Gasteiger partial charge in [0, 0.05) is 42.0 Å². The Hall–Kier alpha value is -4.40. The summed E-state index contributed by atoms with van der Waals surface area (Å²) in [7, 11) is 0. The Balaban J connectivity index is 1.40. The second-order valence-corrected chi connectivity index (χ2v) is 9.16. The maximum Gasteiger partial charge on any atom is 0.221 e. The molecule has 180 valence electrons. The van der Waals surface area contributed by atoms with Gasteiger partial charge in [0.05, 0.1) is 17.2 Å². The Morgan fingerprint density at radius 2 is 1.92 bits per heavy atom. The molecule has 0 atom stereocenters. The molecule has 3 aromatic carbocycles. The highest BCUT2D eigenvalue weighted by Crippen LogP contribution is 2.32. The Kier molecular flexibility index (Phi) is 5.32. The topological polar surface area (TPSA) is 77.6 Å². The van der Waals surface area contributed by atoms with Crippen LogP contribution >= 0.6 is 0 Å². The summed E-state index contributed by atoms with van der Waals surface area (Å²) in [4.78, 5) is 16.3. The molecule has 0 aliphatic heterocycles. The van der Waals surface area contributed by atoms with Crippen LogP contribution in [0.25, 0.3) is 39.1 Å². The summed E-state index contributed by atoms with van der Waals surface area (Å²) in [6.07, 6.45) is 6.13. The number of benzene rings is 3. The van der Waals surface area contributed by atoms with Crippen LogP contribution in [0.3, 0.4) is 0 Å². The second kappa shape index (κ2) is 8.67. The minimum absolute atomic E-state index is 0.228. The third-order valence-corrected chi connectivity index (χ3v) is 6.28. The summed E-state index contributed by atoms with van der Waals surface area (Å²) in [6.45, 7) is 2.30. The zero-order valence-electron chi connectivity index (χ0n) is 19.4. The fourth-order valence-corrected chi connectivity index (χ4v) is 4.37. The summed E-state index contributed by atoms with van der Waals surface area (Å²) < 4.78 is 31.8. The van der Waals surface area contributed by atoms with Crippen LogP contribution in [0.15, 0.2) is 67.1 Å². The number of carbonyl (C=O) groups is 1. The Bertz CT molecular complexity index is 1620. The van der Waals surface area contributed by atoms with E-state index in [1.165, 1.54) is 31.9 Å². The standard InChI is InChI=1S/C27H22F2N6O/c1-16(36)31-21-8-19(23-6-5-20(28)11-24(23)29)9-22(12-21)35-15-30-25-10-18(4-7-27(25)35)26-14-34(33-32-26)13-17-2-3-17/h4-12,14-15,17H,2-3,13H2,1H3,(H,31,36). The second-order valence-electron chi connectivity index (χ2n) is 9.16. The molecule has 1 saturated carbocycles. The SMILES string of the molecule is CC(=O)Nc1cc(-c2ccc(F)cc2F)cc(-n2cnc3cc(-c4cn(CC5CC5)nn4)ccc32)c1. The summed E-state index contributed by atoms with van der Waals surface area (Å²) in [5.74, 6) is -0.888. The smallest absolute Gasteiger partial charge is 0.221 e. The lowest BCUT2D eigenvalue weighted by Crippen LogP contribution is -2.07. The molecule has 1 N–H and O–H groups in total. The fraction of sp³-hybridized carbons (Fsp3) is 0.185. The van der Waals surface area contributed by atoms with Gasteiger partial charge in [0.1, 0.15) is 23.7 Å². The van der Waals surface area contributed by atoms with E-state index in [2.05, 4.69) is 20.6 Å². The number of amides is 1. The number of imidazole rings is 1. The molecule has 7 nitrogen and oxygen atoms in total. The molecule has 5 aromatic rings. The third-order valence-electron chi connectivity index (χ3n) is 6.28. The number of hydrogen-bond donors (Lipinski definition) is 1. The number of hydrogen-bond acceptors (Lipinski definition) is 4. The van der Waals surface area contributed by atoms with Crippen LogP contribution in [-0.2, 0) is 11.3 Å². The zero-order chi connectivity index (χ0) is 24.8. The Morgan fingerprint density at radius 3 is 2.69 bits per heavy atom. The molecule has 0 radical (unpaired) electrons. The van der Waals surface area contributed by atoms with Gasteiger partial charge < -0.3 is 5.32 Å². The van der Waals surface area contributed by atoms with Crippen molar-refractivity contribution in [2.75, 3.05) is 5.32 Å². The number of fused-ring (bicyclic) bond motifs is 1. The molecule has 9 heteroatoms. The van der Waals surface area contributed by atoms with E-state index in [4.69, 9.17) is 0 Å². The molecular weight excluding hydrogens is 462 g/mol.